The second kappa shape index (κ2) is 11.2. The summed E-state index contributed by atoms with van der Waals surface area (Å²) in [7, 11) is 0. The van der Waals surface area contributed by atoms with Gasteiger partial charge in [-0.05, 0) is 53.2 Å². The van der Waals surface area contributed by atoms with Crippen molar-refractivity contribution < 1.29 is 35.9 Å². The first kappa shape index (κ1) is 28.7. The number of carbonyl (C=O) groups excluding carboxylic acids is 2. The summed E-state index contributed by atoms with van der Waals surface area (Å²) in [4.78, 5) is 30.7. The van der Waals surface area contributed by atoms with Crippen molar-refractivity contribution in [2.45, 2.75) is 18.9 Å². The quantitative estimate of drug-likeness (QED) is 0.330. The lowest BCUT2D eigenvalue weighted by atomic mass is 10.0. The number of amidine groups is 1. The number of aromatic nitrogens is 2. The fourth-order valence-corrected chi connectivity index (χ4v) is 5.31. The van der Waals surface area contributed by atoms with E-state index in [1.54, 1.807) is 24.3 Å². The van der Waals surface area contributed by atoms with Gasteiger partial charge in [0.05, 0.1) is 47.4 Å². The van der Waals surface area contributed by atoms with Crippen molar-refractivity contribution in [1.29, 1.82) is 0 Å². The van der Waals surface area contributed by atoms with Gasteiger partial charge in [0.1, 0.15) is 0 Å². The van der Waals surface area contributed by atoms with Crippen molar-refractivity contribution in [3.05, 3.63) is 69.8 Å². The lowest BCUT2D eigenvalue weighted by Gasteiger charge is -2.25. The molecule has 2 aliphatic heterocycles. The zero-order valence-electron chi connectivity index (χ0n) is 21.1. The number of amides is 2. The SMILES string of the molecule is O=C1CN(CCN=C2NC(=O)/C(=C/c3ccc4c(cnn4Cc4ccc(C(F)(F)F)cc4C(F)(F)F)c3)S2)CCN1. The van der Waals surface area contributed by atoms with Gasteiger partial charge in [-0.3, -0.25) is 24.2 Å². The number of halogens is 6. The molecule has 2 N–H and O–H groups in total. The van der Waals surface area contributed by atoms with Gasteiger partial charge in [0.2, 0.25) is 5.91 Å². The number of nitrogens with zero attached hydrogens (tertiary/aromatic N) is 4. The predicted molar refractivity (Wildman–Crippen MR) is 141 cm³/mol. The average Bonchev–Trinajstić information content (AvgIpc) is 3.45. The Kier molecular flexibility index (Phi) is 7.83. The molecule has 15 heteroatoms. The molecule has 41 heavy (non-hydrogen) atoms. The van der Waals surface area contributed by atoms with Crippen LogP contribution >= 0.6 is 11.8 Å². The minimum absolute atomic E-state index is 0.0363. The van der Waals surface area contributed by atoms with Crippen LogP contribution in [0.15, 0.2) is 52.5 Å². The Morgan fingerprint density at radius 3 is 2.59 bits per heavy atom. The molecule has 0 unspecified atom stereocenters. The molecule has 0 atom stereocenters. The maximum absolute atomic E-state index is 13.6. The van der Waals surface area contributed by atoms with Crippen LogP contribution in [-0.4, -0.2) is 64.4 Å². The van der Waals surface area contributed by atoms with Gasteiger partial charge in [-0.15, -0.1) is 0 Å². The molecule has 2 aromatic carbocycles. The van der Waals surface area contributed by atoms with E-state index in [0.29, 0.717) is 58.8 Å². The minimum Gasteiger partial charge on any atom is -0.354 e. The van der Waals surface area contributed by atoms with E-state index in [4.69, 9.17) is 0 Å². The summed E-state index contributed by atoms with van der Waals surface area (Å²) < 4.78 is 81.0. The molecule has 5 rings (SSSR count). The van der Waals surface area contributed by atoms with E-state index in [0.717, 1.165) is 12.6 Å². The van der Waals surface area contributed by atoms with Gasteiger partial charge < -0.3 is 10.6 Å². The van der Waals surface area contributed by atoms with Crippen LogP contribution in [0.5, 0.6) is 0 Å². The van der Waals surface area contributed by atoms with E-state index in [1.807, 2.05) is 4.90 Å². The van der Waals surface area contributed by atoms with Gasteiger partial charge in [0.15, 0.2) is 5.17 Å². The highest BCUT2D eigenvalue weighted by Crippen LogP contribution is 2.38. The van der Waals surface area contributed by atoms with Crippen LogP contribution in [0.3, 0.4) is 0 Å². The molecular weight excluding hydrogens is 574 g/mol. The Labute approximate surface area is 233 Å². The first-order valence-corrected chi connectivity index (χ1v) is 13.2. The monoisotopic (exact) mass is 596 g/mol. The van der Waals surface area contributed by atoms with Gasteiger partial charge in [0.25, 0.3) is 5.91 Å². The van der Waals surface area contributed by atoms with E-state index >= 15 is 0 Å². The summed E-state index contributed by atoms with van der Waals surface area (Å²) in [6.07, 6.45) is -6.81. The maximum atomic E-state index is 13.6. The van der Waals surface area contributed by atoms with E-state index < -0.39 is 30.0 Å². The van der Waals surface area contributed by atoms with Crippen LogP contribution in [0.1, 0.15) is 22.3 Å². The third-order valence-corrected chi connectivity index (χ3v) is 7.41. The third kappa shape index (κ3) is 6.73. The number of hydrogen-bond acceptors (Lipinski definition) is 6. The first-order chi connectivity index (χ1) is 19.4. The molecule has 3 heterocycles. The fraction of sp³-hybridized carbons (Fsp3) is 0.308. The van der Waals surface area contributed by atoms with Gasteiger partial charge in [-0.25, -0.2) is 0 Å². The van der Waals surface area contributed by atoms with Crippen LogP contribution in [-0.2, 0) is 28.5 Å². The van der Waals surface area contributed by atoms with Crippen molar-refractivity contribution in [2.75, 3.05) is 32.7 Å². The highest BCUT2D eigenvalue weighted by molar-refractivity contribution is 8.18. The topological polar surface area (TPSA) is 91.6 Å². The van der Waals surface area contributed by atoms with Crippen LogP contribution in [0.25, 0.3) is 17.0 Å². The number of aliphatic imine (C=N–C) groups is 1. The average molecular weight is 597 g/mol. The number of thioether (sulfide) groups is 1. The normalized spacial score (nSPS) is 18.9. The Morgan fingerprint density at radius 2 is 1.85 bits per heavy atom. The molecule has 1 aromatic heterocycles. The number of alkyl halides is 6. The summed E-state index contributed by atoms with van der Waals surface area (Å²) in [5.41, 5.74) is -2.00. The van der Waals surface area contributed by atoms with E-state index in [1.165, 1.54) is 22.6 Å². The molecule has 2 saturated heterocycles. The second-order valence-electron chi connectivity index (χ2n) is 9.37. The Morgan fingerprint density at radius 1 is 1.05 bits per heavy atom. The van der Waals surface area contributed by atoms with Crippen LogP contribution < -0.4 is 10.6 Å². The highest BCUT2D eigenvalue weighted by Gasteiger charge is 2.38. The summed E-state index contributed by atoms with van der Waals surface area (Å²) in [6.45, 7) is 2.21. The molecular formula is C26H22F6N6O2S. The Balaban J connectivity index is 1.30. The number of rotatable bonds is 6. The van der Waals surface area contributed by atoms with Gasteiger partial charge >= 0.3 is 12.4 Å². The third-order valence-electron chi connectivity index (χ3n) is 6.47. The maximum Gasteiger partial charge on any atom is 0.416 e. The molecule has 0 bridgehead atoms. The van der Waals surface area contributed by atoms with Crippen molar-refractivity contribution in [2.24, 2.45) is 4.99 Å². The predicted octanol–water partition coefficient (Wildman–Crippen LogP) is 4.11. The molecule has 216 valence electrons. The molecule has 3 aromatic rings. The lowest BCUT2D eigenvalue weighted by molar-refractivity contribution is -0.143. The number of hydrogen-bond donors (Lipinski definition) is 2. The molecule has 0 aliphatic carbocycles. The summed E-state index contributed by atoms with van der Waals surface area (Å²) in [5.74, 6) is -0.366. The number of piperazine rings is 1. The van der Waals surface area contributed by atoms with E-state index in [2.05, 4.69) is 20.7 Å². The van der Waals surface area contributed by atoms with Gasteiger partial charge in [0, 0.05) is 25.0 Å². The van der Waals surface area contributed by atoms with E-state index in [-0.39, 0.29) is 23.4 Å². The molecule has 2 amide bonds. The zero-order valence-corrected chi connectivity index (χ0v) is 22.0. The fourth-order valence-electron chi connectivity index (χ4n) is 4.47. The molecule has 0 spiro atoms. The van der Waals surface area contributed by atoms with Crippen LogP contribution in [0.4, 0.5) is 26.3 Å². The zero-order chi connectivity index (χ0) is 29.4. The molecule has 0 radical (unpaired) electrons. The molecule has 2 fully saturated rings. The lowest BCUT2D eigenvalue weighted by Crippen LogP contribution is -2.48. The Hall–Kier alpha value is -3.85. The van der Waals surface area contributed by atoms with Crippen molar-refractivity contribution in [1.82, 2.24) is 25.3 Å². The Bertz CT molecular complexity index is 1560. The summed E-state index contributed by atoms with van der Waals surface area (Å²) in [5, 5.41) is 10.6. The second-order valence-corrected chi connectivity index (χ2v) is 10.4. The standard InChI is InChI=1S/C26H22F6N6O2S/c27-25(28,29)18-3-2-16(19(11-18)26(30,31)32)13-38-20-4-1-15(9-17(20)12-35-38)10-21-23(40)36-24(41-21)34-6-8-37-7-5-33-22(39)14-37/h1-4,9-12H,5-8,13-14H2,(H,33,39)(H,34,36,40)/b21-10-. The van der Waals surface area contributed by atoms with Gasteiger partial charge in [-0.1, -0.05) is 12.1 Å². The first-order valence-electron chi connectivity index (χ1n) is 12.3. The van der Waals surface area contributed by atoms with Crippen molar-refractivity contribution in [3.63, 3.8) is 0 Å². The number of fused-ring (bicyclic) bond motifs is 1. The molecule has 2 aliphatic rings. The smallest absolute Gasteiger partial charge is 0.354 e. The number of nitrogens with one attached hydrogen (secondary N) is 2. The summed E-state index contributed by atoms with van der Waals surface area (Å²) in [6, 6.07) is 6.53. The van der Waals surface area contributed by atoms with Gasteiger partial charge in [-0.2, -0.15) is 31.4 Å². The van der Waals surface area contributed by atoms with Crippen molar-refractivity contribution in [3.8, 4) is 0 Å². The minimum atomic E-state index is -4.98. The molecule has 8 nitrogen and oxygen atoms in total. The van der Waals surface area contributed by atoms with Crippen LogP contribution in [0.2, 0.25) is 0 Å². The largest absolute Gasteiger partial charge is 0.416 e. The van der Waals surface area contributed by atoms with Crippen molar-refractivity contribution >= 4 is 45.7 Å². The highest BCUT2D eigenvalue weighted by atomic mass is 32.2. The number of carbonyl (C=O) groups is 2. The van der Waals surface area contributed by atoms with Crippen LogP contribution in [0, 0.1) is 0 Å². The molecule has 0 saturated carbocycles. The summed E-state index contributed by atoms with van der Waals surface area (Å²) >= 11 is 1.17. The number of benzene rings is 2. The van der Waals surface area contributed by atoms with E-state index in [9.17, 15) is 35.9 Å².